The average molecular weight is 311 g/mol. The number of nitrogens with one attached hydrogen (secondary N) is 1. The van der Waals surface area contributed by atoms with Crippen molar-refractivity contribution in [3.8, 4) is 0 Å². The first kappa shape index (κ1) is 16.0. The van der Waals surface area contributed by atoms with Crippen LogP contribution in [0.25, 0.3) is 0 Å². The summed E-state index contributed by atoms with van der Waals surface area (Å²) >= 11 is 2.94. The molecule has 3 N–H and O–H groups in total. The molecule has 1 rings (SSSR count). The lowest BCUT2D eigenvalue weighted by Gasteiger charge is -2.14. The van der Waals surface area contributed by atoms with Crippen molar-refractivity contribution in [2.75, 3.05) is 5.73 Å². The first-order valence-corrected chi connectivity index (χ1v) is 5.74. The van der Waals surface area contributed by atoms with Gasteiger partial charge in [-0.15, -0.1) is 0 Å². The van der Waals surface area contributed by atoms with Gasteiger partial charge in [0.15, 0.2) is 0 Å². The predicted octanol–water partition coefficient (Wildman–Crippen LogP) is 4.46. The van der Waals surface area contributed by atoms with Crippen LogP contribution in [0, 0.1) is 5.41 Å². The van der Waals surface area contributed by atoms with Crippen LogP contribution in [0.3, 0.4) is 0 Å². The number of nitrogen functional groups attached to an aromatic ring is 1. The van der Waals surface area contributed by atoms with Crippen LogP contribution in [-0.4, -0.2) is 5.71 Å². The second kappa shape index (κ2) is 6.05. The summed E-state index contributed by atoms with van der Waals surface area (Å²) in [6.45, 7) is 5.27. The molecule has 1 aromatic carbocycles. The van der Waals surface area contributed by atoms with Crippen molar-refractivity contribution in [2.45, 2.75) is 26.9 Å². The van der Waals surface area contributed by atoms with E-state index in [2.05, 4.69) is 15.9 Å². The van der Waals surface area contributed by atoms with E-state index in [1.165, 1.54) is 13.0 Å². The van der Waals surface area contributed by atoms with Gasteiger partial charge < -0.3 is 11.1 Å². The SMILES string of the molecule is CC.CC(=N)c1c(N)cc(Br)cc1C(F)(F)F. The molecule has 17 heavy (non-hydrogen) atoms. The number of benzene rings is 1. The van der Waals surface area contributed by atoms with Crippen LogP contribution in [0.4, 0.5) is 18.9 Å². The molecule has 0 spiro atoms. The van der Waals surface area contributed by atoms with Gasteiger partial charge in [0.2, 0.25) is 0 Å². The van der Waals surface area contributed by atoms with Gasteiger partial charge in [-0.25, -0.2) is 0 Å². The van der Waals surface area contributed by atoms with E-state index in [1.807, 2.05) is 13.8 Å². The lowest BCUT2D eigenvalue weighted by Crippen LogP contribution is -2.14. The van der Waals surface area contributed by atoms with Gasteiger partial charge in [-0.05, 0) is 19.1 Å². The van der Waals surface area contributed by atoms with Crippen LogP contribution in [-0.2, 0) is 6.18 Å². The largest absolute Gasteiger partial charge is 0.417 e. The highest BCUT2D eigenvalue weighted by molar-refractivity contribution is 9.10. The lowest BCUT2D eigenvalue weighted by atomic mass is 10.0. The van der Waals surface area contributed by atoms with Crippen LogP contribution in [0.15, 0.2) is 16.6 Å². The van der Waals surface area contributed by atoms with Crippen molar-refractivity contribution >= 4 is 27.3 Å². The summed E-state index contributed by atoms with van der Waals surface area (Å²) in [7, 11) is 0. The Morgan fingerprint density at radius 2 is 1.76 bits per heavy atom. The molecule has 6 heteroatoms. The molecule has 0 aliphatic carbocycles. The van der Waals surface area contributed by atoms with Crippen LogP contribution in [0.1, 0.15) is 31.9 Å². The third-order valence-corrected chi connectivity index (χ3v) is 2.27. The molecule has 1 aromatic rings. The van der Waals surface area contributed by atoms with E-state index < -0.39 is 11.7 Å². The molecule has 0 aromatic heterocycles. The number of rotatable bonds is 1. The molecule has 2 nitrogen and oxygen atoms in total. The van der Waals surface area contributed by atoms with Crippen molar-refractivity contribution in [3.63, 3.8) is 0 Å². The third kappa shape index (κ3) is 4.03. The highest BCUT2D eigenvalue weighted by atomic mass is 79.9. The van der Waals surface area contributed by atoms with E-state index >= 15 is 0 Å². The van der Waals surface area contributed by atoms with E-state index in [-0.39, 0.29) is 21.4 Å². The number of anilines is 1. The highest BCUT2D eigenvalue weighted by Gasteiger charge is 2.35. The molecular weight excluding hydrogens is 297 g/mol. The van der Waals surface area contributed by atoms with Crippen molar-refractivity contribution in [1.82, 2.24) is 0 Å². The molecule has 0 amide bonds. The maximum atomic E-state index is 12.6. The van der Waals surface area contributed by atoms with E-state index in [4.69, 9.17) is 11.1 Å². The predicted molar refractivity (Wildman–Crippen MR) is 67.4 cm³/mol. The monoisotopic (exact) mass is 310 g/mol. The van der Waals surface area contributed by atoms with Gasteiger partial charge in [-0.1, -0.05) is 29.8 Å². The average Bonchev–Trinajstić information content (AvgIpc) is 2.17. The lowest BCUT2D eigenvalue weighted by molar-refractivity contribution is -0.137. The Bertz CT molecular complexity index is 414. The summed E-state index contributed by atoms with van der Waals surface area (Å²) in [5.41, 5.74) is 4.05. The van der Waals surface area contributed by atoms with Crippen molar-refractivity contribution in [3.05, 3.63) is 27.7 Å². The Morgan fingerprint density at radius 1 is 1.29 bits per heavy atom. The standard InChI is InChI=1S/C9H8BrF3N2.C2H6/c1-4(14)8-6(9(11,12)13)2-5(10)3-7(8)15;1-2/h2-3,14H,15H2,1H3;1-2H3. The van der Waals surface area contributed by atoms with Crippen LogP contribution in [0.2, 0.25) is 0 Å². The summed E-state index contributed by atoms with van der Waals surface area (Å²) < 4.78 is 38.0. The van der Waals surface area contributed by atoms with Gasteiger partial charge in [-0.3, -0.25) is 0 Å². The van der Waals surface area contributed by atoms with E-state index in [9.17, 15) is 13.2 Å². The summed E-state index contributed by atoms with van der Waals surface area (Å²) in [6, 6.07) is 2.27. The fourth-order valence-corrected chi connectivity index (χ4v) is 1.75. The quantitative estimate of drug-likeness (QED) is 0.584. The maximum absolute atomic E-state index is 12.6. The van der Waals surface area contributed by atoms with Crippen LogP contribution < -0.4 is 5.73 Å². The number of hydrogen-bond donors (Lipinski definition) is 2. The molecule has 0 heterocycles. The Hall–Kier alpha value is -1.04. The van der Waals surface area contributed by atoms with Crippen molar-refractivity contribution < 1.29 is 13.2 Å². The van der Waals surface area contributed by atoms with Gasteiger partial charge >= 0.3 is 6.18 Å². The second-order valence-electron chi connectivity index (χ2n) is 3.04. The van der Waals surface area contributed by atoms with Gasteiger partial charge in [0.25, 0.3) is 0 Å². The van der Waals surface area contributed by atoms with Crippen LogP contribution >= 0.6 is 15.9 Å². The van der Waals surface area contributed by atoms with E-state index in [1.54, 1.807) is 0 Å². The first-order valence-electron chi connectivity index (χ1n) is 4.95. The minimum Gasteiger partial charge on any atom is -0.398 e. The fraction of sp³-hybridized carbons (Fsp3) is 0.364. The summed E-state index contributed by atoms with van der Waals surface area (Å²) in [4.78, 5) is 0. The molecule has 96 valence electrons. The van der Waals surface area contributed by atoms with Crippen molar-refractivity contribution in [2.24, 2.45) is 0 Å². The second-order valence-corrected chi connectivity index (χ2v) is 3.96. The minimum atomic E-state index is -4.50. The van der Waals surface area contributed by atoms with E-state index in [0.29, 0.717) is 0 Å². The molecule has 0 aliphatic rings. The Labute approximate surface area is 107 Å². The van der Waals surface area contributed by atoms with E-state index in [0.717, 1.165) is 6.07 Å². The Morgan fingerprint density at radius 3 is 2.12 bits per heavy atom. The Kier molecular flexibility index (Phi) is 5.68. The third-order valence-electron chi connectivity index (χ3n) is 1.81. The molecule has 0 saturated heterocycles. The molecule has 0 radical (unpaired) electrons. The molecule has 0 fully saturated rings. The highest BCUT2D eigenvalue weighted by Crippen LogP contribution is 2.36. The summed E-state index contributed by atoms with van der Waals surface area (Å²) in [5.74, 6) is 0. The fourth-order valence-electron chi connectivity index (χ4n) is 1.27. The molecular formula is C11H14BrF3N2. The number of halogens is 4. The number of hydrogen-bond acceptors (Lipinski definition) is 2. The molecule has 0 atom stereocenters. The van der Waals surface area contributed by atoms with Gasteiger partial charge in [0.1, 0.15) is 0 Å². The van der Waals surface area contributed by atoms with Gasteiger partial charge in [0, 0.05) is 21.4 Å². The summed E-state index contributed by atoms with van der Waals surface area (Å²) in [6.07, 6.45) is -4.50. The van der Waals surface area contributed by atoms with Crippen molar-refractivity contribution in [1.29, 1.82) is 5.41 Å². The number of nitrogens with two attached hydrogens (primary N) is 1. The molecule has 0 aliphatic heterocycles. The maximum Gasteiger partial charge on any atom is 0.417 e. The normalized spacial score (nSPS) is 10.5. The zero-order valence-electron chi connectivity index (χ0n) is 9.74. The molecule has 0 saturated carbocycles. The minimum absolute atomic E-state index is 0.0517. The zero-order chi connectivity index (χ0) is 13.8. The molecule has 0 bridgehead atoms. The van der Waals surface area contributed by atoms with Gasteiger partial charge in [-0.2, -0.15) is 13.2 Å². The topological polar surface area (TPSA) is 49.9 Å². The number of alkyl halides is 3. The Balaban J connectivity index is 0.00000121. The van der Waals surface area contributed by atoms with Crippen LogP contribution in [0.5, 0.6) is 0 Å². The zero-order valence-corrected chi connectivity index (χ0v) is 11.3. The molecule has 0 unspecified atom stereocenters. The summed E-state index contributed by atoms with van der Waals surface area (Å²) in [5, 5.41) is 7.27. The first-order chi connectivity index (χ1) is 7.73. The smallest absolute Gasteiger partial charge is 0.398 e. The van der Waals surface area contributed by atoms with Gasteiger partial charge in [0.05, 0.1) is 5.56 Å².